The number of carbonyl (C=O) groups excluding carboxylic acids is 4. The van der Waals surface area contributed by atoms with Gasteiger partial charge in [-0.3, -0.25) is 9.59 Å². The van der Waals surface area contributed by atoms with E-state index in [4.69, 9.17) is 9.47 Å². The van der Waals surface area contributed by atoms with E-state index in [-0.39, 0.29) is 13.2 Å². The lowest BCUT2D eigenvalue weighted by atomic mass is 9.63. The van der Waals surface area contributed by atoms with Gasteiger partial charge in [-0.15, -0.1) is 0 Å². The highest BCUT2D eigenvalue weighted by Crippen LogP contribution is 2.43. The van der Waals surface area contributed by atoms with E-state index in [0.717, 1.165) is 26.7 Å². The number of carboxylic acids is 2. The molecule has 0 saturated carbocycles. The largest absolute Gasteiger partial charge is 0.549 e. The Kier molecular flexibility index (Phi) is 10.4. The maximum Gasteiger partial charge on any atom is 0.309 e. The van der Waals surface area contributed by atoms with Crippen LogP contribution in [0.5, 0.6) is 0 Å². The Morgan fingerprint density at radius 3 is 1.52 bits per heavy atom. The normalized spacial score (nSPS) is 15.1. The molecule has 0 bridgehead atoms. The van der Waals surface area contributed by atoms with Crippen LogP contribution in [0.2, 0.25) is 0 Å². The van der Waals surface area contributed by atoms with Crippen molar-refractivity contribution in [2.24, 2.45) is 17.3 Å². The first kappa shape index (κ1) is 24.6. The maximum absolute atomic E-state index is 12.4. The molecule has 0 fully saturated rings. The minimum atomic E-state index is -2.56. The smallest absolute Gasteiger partial charge is 0.309 e. The van der Waals surface area contributed by atoms with Crippen molar-refractivity contribution in [1.82, 2.24) is 0 Å². The third kappa shape index (κ3) is 5.80. The number of hydrogen-bond donors (Lipinski definition) is 0. The summed E-state index contributed by atoms with van der Waals surface area (Å²) in [5, 5.41) is 23.5. The van der Waals surface area contributed by atoms with Crippen molar-refractivity contribution in [3.05, 3.63) is 12.2 Å². The van der Waals surface area contributed by atoms with E-state index in [2.05, 4.69) is 6.58 Å². The van der Waals surface area contributed by atoms with E-state index in [0.29, 0.717) is 12.8 Å². The summed E-state index contributed by atoms with van der Waals surface area (Å²) in [5.41, 5.74) is -3.51. The van der Waals surface area contributed by atoms with Crippen LogP contribution in [-0.2, 0) is 28.7 Å². The molecule has 0 aliphatic heterocycles. The molecule has 0 aromatic rings. The quantitative estimate of drug-likeness (QED) is 0.246. The van der Waals surface area contributed by atoms with Gasteiger partial charge in [-0.1, -0.05) is 47.1 Å². The zero-order valence-electron chi connectivity index (χ0n) is 16.4. The molecule has 0 aromatic carbocycles. The fourth-order valence-corrected chi connectivity index (χ4v) is 2.80. The van der Waals surface area contributed by atoms with Crippen LogP contribution < -0.4 is 10.2 Å². The first-order chi connectivity index (χ1) is 12.6. The van der Waals surface area contributed by atoms with Gasteiger partial charge in [0.1, 0.15) is 0 Å². The number of rotatable bonds is 13. The van der Waals surface area contributed by atoms with Crippen molar-refractivity contribution in [1.29, 1.82) is 0 Å². The third-order valence-electron chi connectivity index (χ3n) is 4.64. The van der Waals surface area contributed by atoms with Crippen molar-refractivity contribution in [3.63, 3.8) is 0 Å². The number of unbranched alkanes of at least 4 members (excludes halogenated alkanes) is 2. The molecule has 8 nitrogen and oxygen atoms in total. The second-order valence-corrected chi connectivity index (χ2v) is 6.41. The fraction of sp³-hybridized carbons (Fsp3) is 0.684. The molecule has 0 saturated heterocycles. The monoisotopic (exact) mass is 384 g/mol. The van der Waals surface area contributed by atoms with Crippen LogP contribution in [0.3, 0.4) is 0 Å². The number of esters is 2. The number of aliphatic carboxylic acids is 2. The van der Waals surface area contributed by atoms with E-state index in [9.17, 15) is 29.4 Å². The number of carboxylic acid groups (broad SMARTS) is 2. The molecule has 0 radical (unpaired) electrons. The molecule has 0 aromatic heterocycles. The first-order valence-corrected chi connectivity index (χ1v) is 9.04. The van der Waals surface area contributed by atoms with Crippen LogP contribution in [0.25, 0.3) is 0 Å². The number of ether oxygens (including phenoxy) is 2. The van der Waals surface area contributed by atoms with Crippen molar-refractivity contribution < 1.29 is 38.9 Å². The van der Waals surface area contributed by atoms with Gasteiger partial charge in [-0.25, -0.2) is 0 Å². The lowest BCUT2D eigenvalue weighted by Crippen LogP contribution is -2.58. The lowest BCUT2D eigenvalue weighted by molar-refractivity contribution is -0.326. The molecule has 0 heterocycles. The second-order valence-electron chi connectivity index (χ2n) is 6.41. The minimum absolute atomic E-state index is 0.0376. The Morgan fingerprint density at radius 1 is 0.889 bits per heavy atom. The average Bonchev–Trinajstić information content (AvgIpc) is 2.61. The Morgan fingerprint density at radius 2 is 1.26 bits per heavy atom. The first-order valence-electron chi connectivity index (χ1n) is 9.04. The number of carbonyl (C=O) groups is 4. The van der Waals surface area contributed by atoms with Crippen molar-refractivity contribution >= 4 is 23.9 Å². The van der Waals surface area contributed by atoms with E-state index in [1.165, 1.54) is 0 Å². The van der Waals surface area contributed by atoms with Crippen molar-refractivity contribution in [2.45, 2.75) is 53.4 Å². The zero-order chi connectivity index (χ0) is 21.2. The summed E-state index contributed by atoms with van der Waals surface area (Å²) in [4.78, 5) is 48.2. The molecule has 2 atom stereocenters. The molecule has 0 rings (SSSR count). The SMILES string of the molecule is C=C(C(=O)[O-])C(C(=O)[O-])(C(C)C(=O)OCCCC)C(C)C(=O)OCCCC. The molecular formula is C19H28O8-2. The highest BCUT2D eigenvalue weighted by Gasteiger charge is 2.52. The zero-order valence-corrected chi connectivity index (χ0v) is 16.4. The van der Waals surface area contributed by atoms with Gasteiger partial charge >= 0.3 is 11.9 Å². The maximum atomic E-state index is 12.4. The topological polar surface area (TPSA) is 133 Å². The molecule has 0 amide bonds. The summed E-state index contributed by atoms with van der Waals surface area (Å²) in [6, 6.07) is 0. The molecule has 0 N–H and O–H groups in total. The van der Waals surface area contributed by atoms with Gasteiger partial charge in [-0.2, -0.15) is 0 Å². The van der Waals surface area contributed by atoms with Gasteiger partial charge in [0, 0.05) is 0 Å². The van der Waals surface area contributed by atoms with Crippen LogP contribution in [0.1, 0.15) is 53.4 Å². The summed E-state index contributed by atoms with van der Waals surface area (Å²) < 4.78 is 10.0. The molecule has 0 aliphatic rings. The Balaban J connectivity index is 5.95. The van der Waals surface area contributed by atoms with Gasteiger partial charge in [0.05, 0.1) is 42.4 Å². The molecule has 2 unspecified atom stereocenters. The summed E-state index contributed by atoms with van der Waals surface area (Å²) in [7, 11) is 0. The highest BCUT2D eigenvalue weighted by atomic mass is 16.5. The molecule has 0 aliphatic carbocycles. The summed E-state index contributed by atoms with van der Waals surface area (Å²) in [6.07, 6.45) is 2.57. The molecule has 154 valence electrons. The third-order valence-corrected chi connectivity index (χ3v) is 4.64. The Bertz CT molecular complexity index is 538. The predicted molar refractivity (Wildman–Crippen MR) is 91.6 cm³/mol. The highest BCUT2D eigenvalue weighted by molar-refractivity contribution is 6.00. The van der Waals surface area contributed by atoms with Crippen molar-refractivity contribution in [2.75, 3.05) is 13.2 Å². The summed E-state index contributed by atoms with van der Waals surface area (Å²) in [6.45, 7) is 9.39. The van der Waals surface area contributed by atoms with E-state index in [1.54, 1.807) is 0 Å². The van der Waals surface area contributed by atoms with Crippen LogP contribution >= 0.6 is 0 Å². The second kappa shape index (κ2) is 11.4. The predicted octanol–water partition coefficient (Wildman–Crippen LogP) is -0.0124. The van der Waals surface area contributed by atoms with Gasteiger partial charge in [0.15, 0.2) is 0 Å². The van der Waals surface area contributed by atoms with Gasteiger partial charge in [0.25, 0.3) is 0 Å². The lowest BCUT2D eigenvalue weighted by Gasteiger charge is -2.44. The minimum Gasteiger partial charge on any atom is -0.549 e. The average molecular weight is 384 g/mol. The Hall–Kier alpha value is -2.38. The van der Waals surface area contributed by atoms with Crippen LogP contribution in [0, 0.1) is 17.3 Å². The van der Waals surface area contributed by atoms with E-state index in [1.807, 2.05) is 13.8 Å². The van der Waals surface area contributed by atoms with E-state index < -0.39 is 46.7 Å². The number of hydrogen-bond acceptors (Lipinski definition) is 8. The van der Waals surface area contributed by atoms with Gasteiger partial charge < -0.3 is 29.3 Å². The van der Waals surface area contributed by atoms with Gasteiger partial charge in [0.2, 0.25) is 0 Å². The van der Waals surface area contributed by atoms with Gasteiger partial charge in [-0.05, 0) is 18.4 Å². The molecule has 8 heteroatoms. The summed E-state index contributed by atoms with van der Waals surface area (Å²) >= 11 is 0. The Labute approximate surface area is 159 Å². The summed E-state index contributed by atoms with van der Waals surface area (Å²) in [5.74, 6) is -8.89. The fourth-order valence-electron chi connectivity index (χ4n) is 2.80. The molecular weight excluding hydrogens is 356 g/mol. The van der Waals surface area contributed by atoms with E-state index >= 15 is 0 Å². The van der Waals surface area contributed by atoms with Crippen LogP contribution in [0.15, 0.2) is 12.2 Å². The molecule has 0 spiro atoms. The molecule has 27 heavy (non-hydrogen) atoms. The standard InChI is InChI=1S/C19H30O8/c1-6-8-10-26-16(22)13(4)19(18(24)25,12(3)15(20)21)14(5)17(23)27-11-9-7-2/h13-14H,3,6-11H2,1-2,4-5H3,(H,20,21)(H,24,25)/p-2. The van der Waals surface area contributed by atoms with Crippen LogP contribution in [0.4, 0.5) is 0 Å². The van der Waals surface area contributed by atoms with Crippen molar-refractivity contribution in [3.8, 4) is 0 Å². The van der Waals surface area contributed by atoms with Crippen LogP contribution in [-0.4, -0.2) is 37.1 Å².